The van der Waals surface area contributed by atoms with E-state index in [1.165, 1.54) is 0 Å². The van der Waals surface area contributed by atoms with Gasteiger partial charge in [0.2, 0.25) is 0 Å². The molecular weight excluding hydrogens is 240 g/mol. The maximum atomic E-state index is 11.7. The number of nitrogens with two attached hydrogens (primary N) is 2. The summed E-state index contributed by atoms with van der Waals surface area (Å²) in [5.41, 5.74) is 13.9. The number of hydrogen-bond donors (Lipinski definition) is 2. The molecule has 0 radical (unpaired) electrons. The van der Waals surface area contributed by atoms with Crippen molar-refractivity contribution in [3.63, 3.8) is 0 Å². The minimum atomic E-state index is -0.414. The van der Waals surface area contributed by atoms with E-state index in [0.717, 1.165) is 30.8 Å². The Morgan fingerprint density at radius 3 is 2.74 bits per heavy atom. The van der Waals surface area contributed by atoms with E-state index < -0.39 is 5.91 Å². The summed E-state index contributed by atoms with van der Waals surface area (Å²) < 4.78 is 0. The molecule has 5 heteroatoms. The summed E-state index contributed by atoms with van der Waals surface area (Å²) in [6.07, 6.45) is 0.911. The van der Waals surface area contributed by atoms with Gasteiger partial charge in [0.1, 0.15) is 5.82 Å². The Bertz CT molecular complexity index is 500. The zero-order valence-corrected chi connectivity index (χ0v) is 11.8. The lowest BCUT2D eigenvalue weighted by Gasteiger charge is -2.36. The van der Waals surface area contributed by atoms with Gasteiger partial charge in [-0.2, -0.15) is 0 Å². The Balaban J connectivity index is 2.41. The molecule has 1 aromatic rings. The van der Waals surface area contributed by atoms with Crippen molar-refractivity contribution in [1.82, 2.24) is 4.98 Å². The molecule has 0 bridgehead atoms. The number of carbonyl (C=O) groups is 1. The molecule has 1 aliphatic heterocycles. The molecule has 0 aliphatic carbocycles. The van der Waals surface area contributed by atoms with Crippen molar-refractivity contribution in [1.29, 1.82) is 0 Å². The van der Waals surface area contributed by atoms with E-state index in [1.807, 2.05) is 19.9 Å². The molecule has 1 aromatic heterocycles. The minimum Gasteiger partial charge on any atom is -0.365 e. The fraction of sp³-hybridized carbons (Fsp3) is 0.571. The molecule has 4 N–H and O–H groups in total. The Hall–Kier alpha value is -1.62. The van der Waals surface area contributed by atoms with Crippen LogP contribution in [0, 0.1) is 19.8 Å². The second-order valence-electron chi connectivity index (χ2n) is 5.52. The summed E-state index contributed by atoms with van der Waals surface area (Å²) in [6.45, 7) is 7.60. The van der Waals surface area contributed by atoms with E-state index in [0.29, 0.717) is 17.3 Å². The monoisotopic (exact) mass is 262 g/mol. The van der Waals surface area contributed by atoms with Gasteiger partial charge in [0.25, 0.3) is 5.91 Å². The van der Waals surface area contributed by atoms with Crippen molar-refractivity contribution in [3.05, 3.63) is 22.9 Å². The zero-order chi connectivity index (χ0) is 14.2. The number of rotatable bonds is 2. The van der Waals surface area contributed by atoms with Crippen molar-refractivity contribution in [2.75, 3.05) is 18.0 Å². The molecule has 1 amide bonds. The van der Waals surface area contributed by atoms with E-state index in [-0.39, 0.29) is 6.04 Å². The maximum Gasteiger partial charge on any atom is 0.252 e. The van der Waals surface area contributed by atoms with Gasteiger partial charge in [0.05, 0.1) is 5.56 Å². The highest BCUT2D eigenvalue weighted by Crippen LogP contribution is 2.26. The molecule has 1 saturated heterocycles. The first-order valence-electron chi connectivity index (χ1n) is 6.68. The predicted molar refractivity (Wildman–Crippen MR) is 76.2 cm³/mol. The molecule has 2 heterocycles. The van der Waals surface area contributed by atoms with Gasteiger partial charge < -0.3 is 16.4 Å². The van der Waals surface area contributed by atoms with E-state index >= 15 is 0 Å². The third-order valence-corrected chi connectivity index (χ3v) is 3.84. The zero-order valence-electron chi connectivity index (χ0n) is 11.8. The Morgan fingerprint density at radius 1 is 1.47 bits per heavy atom. The van der Waals surface area contributed by atoms with Crippen molar-refractivity contribution in [3.8, 4) is 0 Å². The average molecular weight is 262 g/mol. The van der Waals surface area contributed by atoms with E-state index in [2.05, 4.69) is 16.8 Å². The quantitative estimate of drug-likeness (QED) is 0.831. The minimum absolute atomic E-state index is 0.221. The molecule has 1 aliphatic rings. The summed E-state index contributed by atoms with van der Waals surface area (Å²) >= 11 is 0. The van der Waals surface area contributed by atoms with E-state index in [1.54, 1.807) is 0 Å². The van der Waals surface area contributed by atoms with Gasteiger partial charge in [0.15, 0.2) is 0 Å². The largest absolute Gasteiger partial charge is 0.365 e. The number of pyridine rings is 1. The molecule has 5 nitrogen and oxygen atoms in total. The second kappa shape index (κ2) is 5.17. The van der Waals surface area contributed by atoms with Gasteiger partial charge >= 0.3 is 0 Å². The third-order valence-electron chi connectivity index (χ3n) is 3.84. The van der Waals surface area contributed by atoms with Crippen LogP contribution in [0.2, 0.25) is 0 Å². The smallest absolute Gasteiger partial charge is 0.252 e. The Morgan fingerprint density at radius 2 is 2.16 bits per heavy atom. The standard InChI is InChI=1S/C14H22N4O/c1-8-6-10(3)17-14(12(8)13(16)19)18-5-4-11(15)9(2)7-18/h6,9,11H,4-5,7,15H2,1-3H3,(H2,16,19). The summed E-state index contributed by atoms with van der Waals surface area (Å²) in [5.74, 6) is 0.684. The first-order chi connectivity index (χ1) is 8.90. The van der Waals surface area contributed by atoms with Gasteiger partial charge in [-0.25, -0.2) is 4.98 Å². The highest BCUT2D eigenvalue weighted by Gasteiger charge is 2.27. The van der Waals surface area contributed by atoms with Crippen LogP contribution in [0.1, 0.15) is 35.0 Å². The van der Waals surface area contributed by atoms with Crippen LogP contribution in [0.4, 0.5) is 5.82 Å². The van der Waals surface area contributed by atoms with Crippen LogP contribution in [-0.2, 0) is 0 Å². The van der Waals surface area contributed by atoms with Gasteiger partial charge in [0, 0.05) is 24.8 Å². The van der Waals surface area contributed by atoms with Gasteiger partial charge in [-0.05, 0) is 37.8 Å². The molecule has 2 rings (SSSR count). The van der Waals surface area contributed by atoms with E-state index in [9.17, 15) is 4.79 Å². The average Bonchev–Trinajstić information content (AvgIpc) is 2.31. The fourth-order valence-electron chi connectivity index (χ4n) is 2.71. The van der Waals surface area contributed by atoms with Gasteiger partial charge in [-0.15, -0.1) is 0 Å². The van der Waals surface area contributed by atoms with Crippen molar-refractivity contribution < 1.29 is 4.79 Å². The normalized spacial score (nSPS) is 23.5. The van der Waals surface area contributed by atoms with Crippen LogP contribution < -0.4 is 16.4 Å². The highest BCUT2D eigenvalue weighted by atomic mass is 16.1. The molecule has 2 atom stereocenters. The first kappa shape index (κ1) is 13.8. The fourth-order valence-corrected chi connectivity index (χ4v) is 2.71. The van der Waals surface area contributed by atoms with Crippen LogP contribution in [0.3, 0.4) is 0 Å². The molecular formula is C14H22N4O. The molecule has 2 unspecified atom stereocenters. The van der Waals surface area contributed by atoms with Crippen LogP contribution in [-0.4, -0.2) is 30.0 Å². The maximum absolute atomic E-state index is 11.7. The number of primary amides is 1. The Kier molecular flexibility index (Phi) is 3.75. The van der Waals surface area contributed by atoms with Crippen LogP contribution in [0.25, 0.3) is 0 Å². The molecule has 0 aromatic carbocycles. The summed E-state index contributed by atoms with van der Waals surface area (Å²) in [7, 11) is 0. The van der Waals surface area contributed by atoms with Crippen LogP contribution >= 0.6 is 0 Å². The summed E-state index contributed by atoms with van der Waals surface area (Å²) in [6, 6.07) is 2.11. The van der Waals surface area contributed by atoms with Gasteiger partial charge in [-0.3, -0.25) is 4.79 Å². The van der Waals surface area contributed by atoms with Crippen molar-refractivity contribution >= 4 is 11.7 Å². The first-order valence-corrected chi connectivity index (χ1v) is 6.68. The highest BCUT2D eigenvalue weighted by molar-refractivity contribution is 5.99. The lowest BCUT2D eigenvalue weighted by atomic mass is 9.94. The number of aryl methyl sites for hydroxylation is 2. The molecule has 104 valence electrons. The lowest BCUT2D eigenvalue weighted by Crippen LogP contribution is -2.46. The van der Waals surface area contributed by atoms with Crippen molar-refractivity contribution in [2.45, 2.75) is 33.2 Å². The number of piperidine rings is 1. The van der Waals surface area contributed by atoms with E-state index in [4.69, 9.17) is 11.5 Å². The number of nitrogens with zero attached hydrogens (tertiary/aromatic N) is 2. The van der Waals surface area contributed by atoms with Crippen LogP contribution in [0.5, 0.6) is 0 Å². The number of hydrogen-bond acceptors (Lipinski definition) is 4. The molecule has 0 saturated carbocycles. The summed E-state index contributed by atoms with van der Waals surface area (Å²) in [5, 5.41) is 0. The number of anilines is 1. The number of carbonyl (C=O) groups excluding carboxylic acids is 1. The second-order valence-corrected chi connectivity index (χ2v) is 5.52. The lowest BCUT2D eigenvalue weighted by molar-refractivity contribution is 0.0999. The summed E-state index contributed by atoms with van der Waals surface area (Å²) in [4.78, 5) is 18.3. The number of aromatic nitrogens is 1. The molecule has 1 fully saturated rings. The Labute approximate surface area is 114 Å². The molecule has 19 heavy (non-hydrogen) atoms. The van der Waals surface area contributed by atoms with Crippen molar-refractivity contribution in [2.24, 2.45) is 17.4 Å². The topological polar surface area (TPSA) is 85.2 Å². The van der Waals surface area contributed by atoms with Crippen LogP contribution in [0.15, 0.2) is 6.07 Å². The van der Waals surface area contributed by atoms with Gasteiger partial charge in [-0.1, -0.05) is 6.92 Å². The SMILES string of the molecule is Cc1cc(C)c(C(N)=O)c(N2CCC(N)C(C)C2)n1. The molecule has 0 spiro atoms. The predicted octanol–water partition coefficient (Wildman–Crippen LogP) is 0.971. The number of amides is 1. The third kappa shape index (κ3) is 2.71.